The summed E-state index contributed by atoms with van der Waals surface area (Å²) in [5.74, 6) is -1.71. The predicted octanol–water partition coefficient (Wildman–Crippen LogP) is 2.07. The largest absolute Gasteiger partial charge is 0.481 e. The number of halogens is 1. The van der Waals surface area contributed by atoms with Gasteiger partial charge in [-0.3, -0.25) is 4.79 Å². The van der Waals surface area contributed by atoms with Gasteiger partial charge in [0.1, 0.15) is 5.82 Å². The Hall–Kier alpha value is -2.11. The van der Waals surface area contributed by atoms with Crippen LogP contribution in [0.2, 0.25) is 0 Å². The lowest BCUT2D eigenvalue weighted by Gasteiger charge is -2.17. The van der Waals surface area contributed by atoms with Gasteiger partial charge in [-0.2, -0.15) is 0 Å². The minimum Gasteiger partial charge on any atom is -0.481 e. The number of urea groups is 1. The van der Waals surface area contributed by atoms with Crippen LogP contribution >= 0.6 is 0 Å². The van der Waals surface area contributed by atoms with Crippen molar-refractivity contribution in [2.75, 3.05) is 18.4 Å². The second-order valence-corrected chi connectivity index (χ2v) is 4.66. The van der Waals surface area contributed by atoms with Crippen LogP contribution < -0.4 is 5.32 Å². The lowest BCUT2D eigenvalue weighted by atomic mass is 10.1. The van der Waals surface area contributed by atoms with Crippen LogP contribution in [0.3, 0.4) is 0 Å². The predicted molar refractivity (Wildman–Crippen MR) is 67.5 cm³/mol. The van der Waals surface area contributed by atoms with E-state index in [0.717, 1.165) is 0 Å². The van der Waals surface area contributed by atoms with Crippen molar-refractivity contribution in [2.24, 2.45) is 5.92 Å². The molecule has 102 valence electrons. The van der Waals surface area contributed by atoms with E-state index >= 15 is 0 Å². The number of hydrogen-bond donors (Lipinski definition) is 2. The molecule has 6 heteroatoms. The lowest BCUT2D eigenvalue weighted by Crippen LogP contribution is -2.33. The summed E-state index contributed by atoms with van der Waals surface area (Å²) in [5, 5.41) is 11.5. The average molecular weight is 266 g/mol. The van der Waals surface area contributed by atoms with Crippen LogP contribution in [0.25, 0.3) is 0 Å². The number of nitrogens with zero attached hydrogens (tertiary/aromatic N) is 1. The Bertz CT molecular complexity index is 519. The summed E-state index contributed by atoms with van der Waals surface area (Å²) in [5.41, 5.74) is 0.949. The number of hydrogen-bond acceptors (Lipinski definition) is 2. The SMILES string of the molecule is Cc1cc(NC(=O)N2CC[C@H](C(=O)O)C2)ccc1F. The van der Waals surface area contributed by atoms with Crippen molar-refractivity contribution >= 4 is 17.7 Å². The zero-order chi connectivity index (χ0) is 14.0. The van der Waals surface area contributed by atoms with E-state index in [9.17, 15) is 14.0 Å². The fraction of sp³-hybridized carbons (Fsp3) is 0.385. The molecule has 0 bridgehead atoms. The molecule has 1 aliphatic rings. The molecule has 0 spiro atoms. The molecule has 0 aromatic heterocycles. The normalized spacial score (nSPS) is 18.4. The number of amides is 2. The van der Waals surface area contributed by atoms with Gasteiger partial charge in [-0.25, -0.2) is 9.18 Å². The highest BCUT2D eigenvalue weighted by Crippen LogP contribution is 2.19. The summed E-state index contributed by atoms with van der Waals surface area (Å²) in [6.45, 7) is 2.24. The fourth-order valence-electron chi connectivity index (χ4n) is 2.07. The Kier molecular flexibility index (Phi) is 3.69. The third kappa shape index (κ3) is 3.01. The minimum absolute atomic E-state index is 0.210. The van der Waals surface area contributed by atoms with Gasteiger partial charge >= 0.3 is 12.0 Å². The van der Waals surface area contributed by atoms with E-state index in [1.807, 2.05) is 0 Å². The van der Waals surface area contributed by atoms with E-state index < -0.39 is 11.9 Å². The zero-order valence-electron chi connectivity index (χ0n) is 10.5. The number of likely N-dealkylation sites (tertiary alicyclic amines) is 1. The maximum atomic E-state index is 13.1. The maximum Gasteiger partial charge on any atom is 0.321 e. The fourth-order valence-corrected chi connectivity index (χ4v) is 2.07. The van der Waals surface area contributed by atoms with Gasteiger partial charge in [0, 0.05) is 18.8 Å². The van der Waals surface area contributed by atoms with Crippen LogP contribution in [-0.4, -0.2) is 35.1 Å². The van der Waals surface area contributed by atoms with Crippen molar-refractivity contribution < 1.29 is 19.1 Å². The molecule has 1 aromatic rings. The molecule has 1 aromatic carbocycles. The number of nitrogens with one attached hydrogen (secondary N) is 1. The first-order valence-corrected chi connectivity index (χ1v) is 6.02. The first-order valence-electron chi connectivity index (χ1n) is 6.02. The van der Waals surface area contributed by atoms with Crippen LogP contribution in [0.15, 0.2) is 18.2 Å². The molecule has 2 amide bonds. The second-order valence-electron chi connectivity index (χ2n) is 4.66. The summed E-state index contributed by atoms with van der Waals surface area (Å²) in [6, 6.07) is 3.95. The molecule has 0 aliphatic carbocycles. The van der Waals surface area contributed by atoms with Crippen molar-refractivity contribution in [3.63, 3.8) is 0 Å². The summed E-state index contributed by atoms with van der Waals surface area (Å²) in [7, 11) is 0. The Labute approximate surface area is 110 Å². The third-order valence-corrected chi connectivity index (χ3v) is 3.23. The standard InChI is InChI=1S/C13H15FN2O3/c1-8-6-10(2-3-11(8)14)15-13(19)16-5-4-9(7-16)12(17)18/h2-3,6,9H,4-5,7H2,1H3,(H,15,19)(H,17,18)/t9-/m0/s1. The highest BCUT2D eigenvalue weighted by molar-refractivity contribution is 5.90. The number of carbonyl (C=O) groups excluding carboxylic acids is 1. The van der Waals surface area contributed by atoms with Gasteiger partial charge in [0.2, 0.25) is 0 Å². The summed E-state index contributed by atoms with van der Waals surface area (Å²) in [6.07, 6.45) is 0.463. The number of carboxylic acids is 1. The maximum absolute atomic E-state index is 13.1. The van der Waals surface area contributed by atoms with Gasteiger partial charge in [0.05, 0.1) is 5.92 Å². The Morgan fingerprint density at radius 1 is 1.47 bits per heavy atom. The molecule has 0 saturated carbocycles. The van der Waals surface area contributed by atoms with Crippen LogP contribution in [0.4, 0.5) is 14.9 Å². The first-order chi connectivity index (χ1) is 8.97. The number of rotatable bonds is 2. The molecule has 1 aliphatic heterocycles. The zero-order valence-corrected chi connectivity index (χ0v) is 10.5. The van der Waals surface area contributed by atoms with E-state index in [0.29, 0.717) is 24.2 Å². The number of anilines is 1. The van der Waals surface area contributed by atoms with Gasteiger partial charge in [0.25, 0.3) is 0 Å². The summed E-state index contributed by atoms with van der Waals surface area (Å²) < 4.78 is 13.1. The van der Waals surface area contributed by atoms with Crippen molar-refractivity contribution in [3.05, 3.63) is 29.6 Å². The lowest BCUT2D eigenvalue weighted by molar-refractivity contribution is -0.141. The van der Waals surface area contributed by atoms with E-state index in [-0.39, 0.29) is 18.4 Å². The Morgan fingerprint density at radius 2 is 2.21 bits per heavy atom. The number of aryl methyl sites for hydroxylation is 1. The van der Waals surface area contributed by atoms with Crippen LogP contribution in [0, 0.1) is 18.7 Å². The van der Waals surface area contributed by atoms with E-state index in [2.05, 4.69) is 5.32 Å². The minimum atomic E-state index is -0.882. The molecule has 5 nitrogen and oxygen atoms in total. The molecule has 19 heavy (non-hydrogen) atoms. The van der Waals surface area contributed by atoms with Crippen molar-refractivity contribution in [2.45, 2.75) is 13.3 Å². The van der Waals surface area contributed by atoms with Gasteiger partial charge < -0.3 is 15.3 Å². The van der Waals surface area contributed by atoms with Crippen LogP contribution in [0.5, 0.6) is 0 Å². The van der Waals surface area contributed by atoms with Crippen molar-refractivity contribution in [3.8, 4) is 0 Å². The van der Waals surface area contributed by atoms with E-state index in [1.54, 1.807) is 6.92 Å². The Morgan fingerprint density at radius 3 is 2.79 bits per heavy atom. The second kappa shape index (κ2) is 5.26. The van der Waals surface area contributed by atoms with Crippen LogP contribution in [0.1, 0.15) is 12.0 Å². The molecule has 2 N–H and O–H groups in total. The molecule has 0 radical (unpaired) electrons. The average Bonchev–Trinajstić information content (AvgIpc) is 2.83. The molecule has 1 atom stereocenters. The third-order valence-electron chi connectivity index (χ3n) is 3.23. The highest BCUT2D eigenvalue weighted by atomic mass is 19.1. The smallest absolute Gasteiger partial charge is 0.321 e. The quantitative estimate of drug-likeness (QED) is 0.861. The molecule has 2 rings (SSSR count). The molecular weight excluding hydrogens is 251 g/mol. The Balaban J connectivity index is 1.98. The first kappa shape index (κ1) is 13.3. The molecule has 1 fully saturated rings. The van der Waals surface area contributed by atoms with E-state index in [1.165, 1.54) is 23.1 Å². The summed E-state index contributed by atoms with van der Waals surface area (Å²) in [4.78, 5) is 24.2. The molecule has 1 heterocycles. The number of carbonyl (C=O) groups is 2. The van der Waals surface area contributed by atoms with Gasteiger partial charge in [-0.05, 0) is 37.1 Å². The number of benzene rings is 1. The molecular formula is C13H15FN2O3. The van der Waals surface area contributed by atoms with Crippen molar-refractivity contribution in [1.29, 1.82) is 0 Å². The van der Waals surface area contributed by atoms with Gasteiger partial charge in [0.15, 0.2) is 0 Å². The van der Waals surface area contributed by atoms with Crippen LogP contribution in [-0.2, 0) is 4.79 Å². The van der Waals surface area contributed by atoms with Crippen molar-refractivity contribution in [1.82, 2.24) is 4.90 Å². The monoisotopic (exact) mass is 266 g/mol. The summed E-state index contributed by atoms with van der Waals surface area (Å²) >= 11 is 0. The molecule has 0 unspecified atom stereocenters. The highest BCUT2D eigenvalue weighted by Gasteiger charge is 2.30. The topological polar surface area (TPSA) is 69.6 Å². The van der Waals surface area contributed by atoms with Gasteiger partial charge in [-0.15, -0.1) is 0 Å². The number of aliphatic carboxylic acids is 1. The van der Waals surface area contributed by atoms with Gasteiger partial charge in [-0.1, -0.05) is 0 Å². The number of carboxylic acid groups (broad SMARTS) is 1. The molecule has 1 saturated heterocycles. The van der Waals surface area contributed by atoms with E-state index in [4.69, 9.17) is 5.11 Å².